The molecule has 1 fully saturated rings. The normalized spacial score (nSPS) is 30.1. The predicted molar refractivity (Wildman–Crippen MR) is 49.1 cm³/mol. The predicted octanol–water partition coefficient (Wildman–Crippen LogP) is -1.83. The van der Waals surface area contributed by atoms with Crippen LogP contribution in [0.15, 0.2) is 0 Å². The first-order chi connectivity index (χ1) is 6.13. The summed E-state index contributed by atoms with van der Waals surface area (Å²) >= 11 is 0. The third-order valence-electron chi connectivity index (χ3n) is 2.17. The minimum absolute atomic E-state index is 0.00737. The largest absolute Gasteiger partial charge is 0.392 e. The number of hydrogen-bond donors (Lipinski definition) is 4. The van der Waals surface area contributed by atoms with E-state index in [9.17, 15) is 9.90 Å². The first-order valence-electron chi connectivity index (χ1n) is 4.55. The summed E-state index contributed by atoms with van der Waals surface area (Å²) in [5, 5.41) is 14.9. The van der Waals surface area contributed by atoms with Crippen LogP contribution in [0.2, 0.25) is 0 Å². The van der Waals surface area contributed by atoms with Crippen LogP contribution in [0.1, 0.15) is 13.3 Å². The van der Waals surface area contributed by atoms with Gasteiger partial charge in [0.1, 0.15) is 0 Å². The molecule has 1 saturated heterocycles. The van der Waals surface area contributed by atoms with Crippen LogP contribution in [-0.4, -0.2) is 42.3 Å². The number of nitrogens with one attached hydrogen (secondary N) is 2. The van der Waals surface area contributed by atoms with Crippen LogP contribution in [0.5, 0.6) is 0 Å². The Morgan fingerprint density at radius 1 is 1.85 bits per heavy atom. The molecule has 1 amide bonds. The number of amides is 1. The standard InChI is InChI=1S/C8H17N3O2/c1-5(3-9)11-8(13)7-2-6(12)4-10-7/h5-7,10,12H,2-4,9H2,1H3,(H,11,13)/t5-,6+,7+/m0/s1. The van der Waals surface area contributed by atoms with Gasteiger partial charge in [-0.2, -0.15) is 0 Å². The summed E-state index contributed by atoms with van der Waals surface area (Å²) in [6, 6.07) is -0.268. The molecule has 0 radical (unpaired) electrons. The lowest BCUT2D eigenvalue weighted by molar-refractivity contribution is -0.123. The molecule has 5 heteroatoms. The number of rotatable bonds is 3. The Kier molecular flexibility index (Phi) is 3.65. The zero-order valence-electron chi connectivity index (χ0n) is 7.79. The highest BCUT2D eigenvalue weighted by atomic mass is 16.3. The molecule has 0 unspecified atom stereocenters. The van der Waals surface area contributed by atoms with Gasteiger partial charge in [0.2, 0.25) is 5.91 Å². The third-order valence-corrected chi connectivity index (χ3v) is 2.17. The van der Waals surface area contributed by atoms with Crippen molar-refractivity contribution in [2.75, 3.05) is 13.1 Å². The van der Waals surface area contributed by atoms with Crippen molar-refractivity contribution in [3.05, 3.63) is 0 Å². The molecular weight excluding hydrogens is 170 g/mol. The minimum atomic E-state index is -0.399. The number of aliphatic hydroxyl groups is 1. The molecule has 0 aromatic heterocycles. The summed E-state index contributed by atoms with van der Waals surface area (Å²) in [4.78, 5) is 11.4. The maximum Gasteiger partial charge on any atom is 0.237 e. The van der Waals surface area contributed by atoms with Crippen LogP contribution in [0, 0.1) is 0 Å². The van der Waals surface area contributed by atoms with E-state index in [0.717, 1.165) is 0 Å². The summed E-state index contributed by atoms with van der Waals surface area (Å²) in [6.07, 6.45) is 0.0901. The summed E-state index contributed by atoms with van der Waals surface area (Å²) in [5.74, 6) is -0.0745. The van der Waals surface area contributed by atoms with Crippen molar-refractivity contribution in [2.24, 2.45) is 5.73 Å². The number of carbonyl (C=O) groups excluding carboxylic acids is 1. The lowest BCUT2D eigenvalue weighted by atomic mass is 10.2. The summed E-state index contributed by atoms with van der Waals surface area (Å²) in [6.45, 7) is 2.78. The van der Waals surface area contributed by atoms with E-state index in [-0.39, 0.29) is 18.0 Å². The smallest absolute Gasteiger partial charge is 0.237 e. The lowest BCUT2D eigenvalue weighted by Gasteiger charge is -2.15. The highest BCUT2D eigenvalue weighted by Crippen LogP contribution is 2.05. The summed E-state index contributed by atoms with van der Waals surface area (Å²) < 4.78 is 0. The fraction of sp³-hybridized carbons (Fsp3) is 0.875. The average Bonchev–Trinajstić information content (AvgIpc) is 2.51. The Hall–Kier alpha value is -0.650. The van der Waals surface area contributed by atoms with E-state index in [1.54, 1.807) is 0 Å². The van der Waals surface area contributed by atoms with E-state index in [1.807, 2.05) is 6.92 Å². The molecule has 0 bridgehead atoms. The minimum Gasteiger partial charge on any atom is -0.392 e. The van der Waals surface area contributed by atoms with E-state index in [4.69, 9.17) is 5.73 Å². The van der Waals surface area contributed by atoms with Crippen molar-refractivity contribution >= 4 is 5.91 Å². The molecule has 5 N–H and O–H groups in total. The van der Waals surface area contributed by atoms with Crippen LogP contribution in [0.25, 0.3) is 0 Å². The summed E-state index contributed by atoms with van der Waals surface area (Å²) in [5.41, 5.74) is 5.36. The molecule has 1 rings (SSSR count). The Morgan fingerprint density at radius 2 is 2.54 bits per heavy atom. The second-order valence-corrected chi connectivity index (χ2v) is 3.50. The molecule has 0 aromatic carbocycles. The zero-order valence-corrected chi connectivity index (χ0v) is 7.79. The van der Waals surface area contributed by atoms with Crippen LogP contribution < -0.4 is 16.4 Å². The van der Waals surface area contributed by atoms with E-state index in [1.165, 1.54) is 0 Å². The van der Waals surface area contributed by atoms with Gasteiger partial charge in [-0.05, 0) is 13.3 Å². The van der Waals surface area contributed by atoms with E-state index in [2.05, 4.69) is 10.6 Å². The molecule has 0 aliphatic carbocycles. The second-order valence-electron chi connectivity index (χ2n) is 3.50. The monoisotopic (exact) mass is 187 g/mol. The third kappa shape index (κ3) is 2.95. The van der Waals surface area contributed by atoms with Gasteiger partial charge in [0, 0.05) is 19.1 Å². The van der Waals surface area contributed by atoms with Crippen molar-refractivity contribution in [1.29, 1.82) is 0 Å². The van der Waals surface area contributed by atoms with Gasteiger partial charge in [-0.3, -0.25) is 4.79 Å². The maximum absolute atomic E-state index is 11.4. The molecule has 5 nitrogen and oxygen atoms in total. The van der Waals surface area contributed by atoms with Gasteiger partial charge in [-0.15, -0.1) is 0 Å². The van der Waals surface area contributed by atoms with E-state index >= 15 is 0 Å². The fourth-order valence-electron chi connectivity index (χ4n) is 1.32. The molecular formula is C8H17N3O2. The second kappa shape index (κ2) is 4.55. The number of hydrogen-bond acceptors (Lipinski definition) is 4. The molecule has 0 aromatic rings. The zero-order chi connectivity index (χ0) is 9.84. The number of aliphatic hydroxyl groups excluding tert-OH is 1. The van der Waals surface area contributed by atoms with Crippen molar-refractivity contribution in [3.8, 4) is 0 Å². The quantitative estimate of drug-likeness (QED) is 0.418. The van der Waals surface area contributed by atoms with Gasteiger partial charge in [-0.25, -0.2) is 0 Å². The maximum atomic E-state index is 11.4. The SMILES string of the molecule is C[C@@H](CN)NC(=O)[C@H]1C[C@@H](O)CN1. The molecule has 1 aliphatic heterocycles. The lowest BCUT2D eigenvalue weighted by Crippen LogP contribution is -2.46. The van der Waals surface area contributed by atoms with Crippen molar-refractivity contribution < 1.29 is 9.90 Å². The number of nitrogens with two attached hydrogens (primary N) is 1. The Labute approximate surface area is 77.7 Å². The van der Waals surface area contributed by atoms with Crippen molar-refractivity contribution in [2.45, 2.75) is 31.5 Å². The topological polar surface area (TPSA) is 87.4 Å². The van der Waals surface area contributed by atoms with Crippen LogP contribution in [-0.2, 0) is 4.79 Å². The van der Waals surface area contributed by atoms with Gasteiger partial charge < -0.3 is 21.5 Å². The highest BCUT2D eigenvalue weighted by Gasteiger charge is 2.28. The van der Waals surface area contributed by atoms with Gasteiger partial charge >= 0.3 is 0 Å². The molecule has 0 spiro atoms. The van der Waals surface area contributed by atoms with Gasteiger partial charge in [0.05, 0.1) is 12.1 Å². The van der Waals surface area contributed by atoms with E-state index < -0.39 is 6.10 Å². The average molecular weight is 187 g/mol. The van der Waals surface area contributed by atoms with Crippen LogP contribution in [0.3, 0.4) is 0 Å². The molecule has 76 valence electrons. The molecule has 1 aliphatic rings. The first-order valence-corrected chi connectivity index (χ1v) is 4.55. The fourth-order valence-corrected chi connectivity index (χ4v) is 1.32. The van der Waals surface area contributed by atoms with Crippen LogP contribution in [0.4, 0.5) is 0 Å². The van der Waals surface area contributed by atoms with Gasteiger partial charge in [0.25, 0.3) is 0 Å². The number of β-amino-alcohol motifs (C(OH)–C–C–N with tert-alkyl or cyclic N) is 1. The van der Waals surface area contributed by atoms with Crippen molar-refractivity contribution in [1.82, 2.24) is 10.6 Å². The first kappa shape index (κ1) is 10.4. The Balaban J connectivity index is 2.31. The molecule has 0 saturated carbocycles. The Morgan fingerprint density at radius 3 is 3.00 bits per heavy atom. The molecule has 13 heavy (non-hydrogen) atoms. The molecule has 3 atom stereocenters. The van der Waals surface area contributed by atoms with Gasteiger partial charge in [-0.1, -0.05) is 0 Å². The highest BCUT2D eigenvalue weighted by molar-refractivity contribution is 5.82. The molecule has 1 heterocycles. The summed E-state index contributed by atoms with van der Waals surface area (Å²) in [7, 11) is 0. The number of carbonyl (C=O) groups is 1. The Bertz CT molecular complexity index is 186. The van der Waals surface area contributed by atoms with E-state index in [0.29, 0.717) is 19.5 Å². The van der Waals surface area contributed by atoms with Crippen LogP contribution >= 0.6 is 0 Å². The van der Waals surface area contributed by atoms with Crippen molar-refractivity contribution in [3.63, 3.8) is 0 Å². The van der Waals surface area contributed by atoms with Gasteiger partial charge in [0.15, 0.2) is 0 Å².